The number of hydrogen-bond donors (Lipinski definition) is 1. The van der Waals surface area contributed by atoms with E-state index in [0.717, 1.165) is 16.7 Å². The molecular weight excluding hydrogens is 381 g/mol. The summed E-state index contributed by atoms with van der Waals surface area (Å²) in [6, 6.07) is 17.8. The van der Waals surface area contributed by atoms with Gasteiger partial charge in [-0.25, -0.2) is 0 Å². The quantitative estimate of drug-likeness (QED) is 0.824. The Morgan fingerprint density at radius 1 is 0.931 bits per heavy atom. The fourth-order valence-corrected chi connectivity index (χ4v) is 3.45. The number of halogens is 3. The fourth-order valence-electron chi connectivity index (χ4n) is 3.45. The van der Waals surface area contributed by atoms with Crippen molar-refractivity contribution in [3.63, 3.8) is 0 Å². The van der Waals surface area contributed by atoms with E-state index in [2.05, 4.69) is 0 Å². The van der Waals surface area contributed by atoms with Crippen molar-refractivity contribution in [1.29, 1.82) is 0 Å². The van der Waals surface area contributed by atoms with E-state index in [1.54, 1.807) is 4.90 Å². The molecule has 1 aliphatic rings. The lowest BCUT2D eigenvalue weighted by molar-refractivity contribution is -0.142. The highest BCUT2D eigenvalue weighted by atomic mass is 19.4. The first-order valence-electron chi connectivity index (χ1n) is 9.58. The van der Waals surface area contributed by atoms with Crippen LogP contribution in [-0.4, -0.2) is 42.5 Å². The zero-order valence-corrected chi connectivity index (χ0v) is 15.9. The second kappa shape index (κ2) is 9.11. The minimum atomic E-state index is -4.41. The van der Waals surface area contributed by atoms with E-state index >= 15 is 0 Å². The molecule has 4 nitrogen and oxygen atoms in total. The molecular formula is C22H23F3N2O2. The van der Waals surface area contributed by atoms with Crippen molar-refractivity contribution in [1.82, 2.24) is 10.2 Å². The number of amides is 2. The van der Waals surface area contributed by atoms with E-state index in [-0.39, 0.29) is 12.3 Å². The van der Waals surface area contributed by atoms with Gasteiger partial charge in [0.2, 0.25) is 11.8 Å². The van der Waals surface area contributed by atoms with Crippen LogP contribution in [0.3, 0.4) is 0 Å². The molecule has 0 spiro atoms. The van der Waals surface area contributed by atoms with Crippen molar-refractivity contribution in [3.05, 3.63) is 60.2 Å². The van der Waals surface area contributed by atoms with Gasteiger partial charge in [0.15, 0.2) is 0 Å². The van der Waals surface area contributed by atoms with Gasteiger partial charge in [-0.15, -0.1) is 0 Å². The lowest BCUT2D eigenvalue weighted by Gasteiger charge is -2.31. The average Bonchev–Trinajstić information content (AvgIpc) is 2.73. The summed E-state index contributed by atoms with van der Waals surface area (Å²) in [5.74, 6) is -1.11. The van der Waals surface area contributed by atoms with Crippen molar-refractivity contribution in [2.24, 2.45) is 5.92 Å². The van der Waals surface area contributed by atoms with Crippen LogP contribution in [-0.2, 0) is 16.0 Å². The lowest BCUT2D eigenvalue weighted by Crippen LogP contribution is -2.45. The van der Waals surface area contributed by atoms with Crippen LogP contribution in [0.4, 0.5) is 13.2 Å². The smallest absolute Gasteiger partial charge is 0.347 e. The van der Waals surface area contributed by atoms with Crippen LogP contribution in [0.5, 0.6) is 0 Å². The zero-order chi connectivity index (χ0) is 20.9. The third kappa shape index (κ3) is 6.07. The number of carbonyl (C=O) groups is 2. The molecule has 2 amide bonds. The van der Waals surface area contributed by atoms with Gasteiger partial charge < -0.3 is 10.2 Å². The molecule has 0 saturated carbocycles. The number of carbonyl (C=O) groups excluding carboxylic acids is 2. The Kier molecular flexibility index (Phi) is 6.56. The number of alkyl halides is 3. The highest BCUT2D eigenvalue weighted by Crippen LogP contribution is 2.22. The molecule has 0 radical (unpaired) electrons. The van der Waals surface area contributed by atoms with Gasteiger partial charge in [0, 0.05) is 19.0 Å². The number of rotatable bonds is 5. The Bertz CT molecular complexity index is 827. The number of nitrogens with one attached hydrogen (secondary N) is 1. The maximum absolute atomic E-state index is 12.5. The molecule has 1 heterocycles. The molecule has 0 bridgehead atoms. The predicted octanol–water partition coefficient (Wildman–Crippen LogP) is 3.81. The van der Waals surface area contributed by atoms with Gasteiger partial charge in [0.1, 0.15) is 6.54 Å². The minimum Gasteiger partial charge on any atom is -0.347 e. The number of benzene rings is 2. The van der Waals surface area contributed by atoms with Crippen LogP contribution in [0.25, 0.3) is 11.1 Å². The second-order valence-corrected chi connectivity index (χ2v) is 7.23. The first kappa shape index (κ1) is 20.9. The molecule has 7 heteroatoms. The third-order valence-corrected chi connectivity index (χ3v) is 5.10. The summed E-state index contributed by atoms with van der Waals surface area (Å²) >= 11 is 0. The van der Waals surface area contributed by atoms with E-state index in [4.69, 9.17) is 0 Å². The summed E-state index contributed by atoms with van der Waals surface area (Å²) in [5.41, 5.74) is 3.09. The Balaban J connectivity index is 1.48. The number of likely N-dealkylation sites (tertiary alicyclic amines) is 1. The molecule has 29 heavy (non-hydrogen) atoms. The normalized spacial score (nSPS) is 15.2. The van der Waals surface area contributed by atoms with Crippen LogP contribution in [0.2, 0.25) is 0 Å². The summed E-state index contributed by atoms with van der Waals surface area (Å²) in [7, 11) is 0. The van der Waals surface area contributed by atoms with Crippen LogP contribution >= 0.6 is 0 Å². The molecule has 1 aliphatic heterocycles. The molecule has 0 unspecified atom stereocenters. The topological polar surface area (TPSA) is 49.4 Å². The van der Waals surface area contributed by atoms with Crippen LogP contribution in [0.15, 0.2) is 54.6 Å². The first-order chi connectivity index (χ1) is 13.8. The standard InChI is InChI=1S/C22H23F3N2O2/c23-22(24,25)15-26-21(29)19-10-12-27(13-11-19)20(28)14-16-6-8-18(9-7-16)17-4-2-1-3-5-17/h1-9,19H,10-15H2,(H,26,29). The monoisotopic (exact) mass is 404 g/mol. The molecule has 1 fully saturated rings. The van der Waals surface area contributed by atoms with E-state index in [0.29, 0.717) is 25.9 Å². The molecule has 0 aromatic heterocycles. The summed E-state index contributed by atoms with van der Waals surface area (Å²) in [6.07, 6.45) is -3.40. The summed E-state index contributed by atoms with van der Waals surface area (Å²) in [6.45, 7) is -0.556. The van der Waals surface area contributed by atoms with Gasteiger partial charge in [-0.2, -0.15) is 13.2 Å². The Morgan fingerprint density at radius 3 is 2.10 bits per heavy atom. The van der Waals surface area contributed by atoms with E-state index in [9.17, 15) is 22.8 Å². The Hall–Kier alpha value is -2.83. The van der Waals surface area contributed by atoms with Crippen LogP contribution < -0.4 is 5.32 Å². The van der Waals surface area contributed by atoms with Gasteiger partial charge in [0.05, 0.1) is 6.42 Å². The van der Waals surface area contributed by atoms with Crippen molar-refractivity contribution >= 4 is 11.8 Å². The van der Waals surface area contributed by atoms with Crippen LogP contribution in [0.1, 0.15) is 18.4 Å². The van der Waals surface area contributed by atoms with Gasteiger partial charge in [-0.05, 0) is 29.5 Å². The van der Waals surface area contributed by atoms with Gasteiger partial charge in [0.25, 0.3) is 0 Å². The SMILES string of the molecule is O=C(NCC(F)(F)F)C1CCN(C(=O)Cc2ccc(-c3ccccc3)cc2)CC1. The lowest BCUT2D eigenvalue weighted by atomic mass is 9.95. The number of hydrogen-bond acceptors (Lipinski definition) is 2. The summed E-state index contributed by atoms with van der Waals surface area (Å²) in [5, 5.41) is 1.93. The third-order valence-electron chi connectivity index (χ3n) is 5.10. The molecule has 1 N–H and O–H groups in total. The Labute approximate surface area is 167 Å². The minimum absolute atomic E-state index is 0.0355. The molecule has 2 aromatic carbocycles. The second-order valence-electron chi connectivity index (χ2n) is 7.23. The zero-order valence-electron chi connectivity index (χ0n) is 15.9. The molecule has 3 rings (SSSR count). The van der Waals surface area contributed by atoms with E-state index < -0.39 is 24.5 Å². The van der Waals surface area contributed by atoms with Crippen LogP contribution in [0, 0.1) is 5.92 Å². The number of nitrogens with zero attached hydrogens (tertiary/aromatic N) is 1. The van der Waals surface area contributed by atoms with Gasteiger partial charge >= 0.3 is 6.18 Å². The Morgan fingerprint density at radius 2 is 1.52 bits per heavy atom. The molecule has 2 aromatic rings. The fraction of sp³-hybridized carbons (Fsp3) is 0.364. The molecule has 0 atom stereocenters. The maximum atomic E-state index is 12.5. The van der Waals surface area contributed by atoms with E-state index in [1.165, 1.54) is 0 Å². The molecule has 0 aliphatic carbocycles. The van der Waals surface area contributed by atoms with Crippen molar-refractivity contribution in [2.45, 2.75) is 25.4 Å². The van der Waals surface area contributed by atoms with Gasteiger partial charge in [-0.3, -0.25) is 9.59 Å². The van der Waals surface area contributed by atoms with Crippen molar-refractivity contribution < 1.29 is 22.8 Å². The summed E-state index contributed by atoms with van der Waals surface area (Å²) in [4.78, 5) is 26.1. The number of piperidine rings is 1. The van der Waals surface area contributed by atoms with Crippen molar-refractivity contribution in [3.8, 4) is 11.1 Å². The summed E-state index contributed by atoms with van der Waals surface area (Å²) < 4.78 is 36.6. The highest BCUT2D eigenvalue weighted by Gasteiger charge is 2.31. The highest BCUT2D eigenvalue weighted by molar-refractivity contribution is 5.81. The predicted molar refractivity (Wildman–Crippen MR) is 104 cm³/mol. The average molecular weight is 404 g/mol. The van der Waals surface area contributed by atoms with E-state index in [1.807, 2.05) is 59.9 Å². The van der Waals surface area contributed by atoms with Gasteiger partial charge in [-0.1, -0.05) is 54.6 Å². The largest absolute Gasteiger partial charge is 0.405 e. The maximum Gasteiger partial charge on any atom is 0.405 e. The molecule has 154 valence electrons. The van der Waals surface area contributed by atoms with Crippen molar-refractivity contribution in [2.75, 3.05) is 19.6 Å². The molecule has 1 saturated heterocycles. The first-order valence-corrected chi connectivity index (χ1v) is 9.58.